The van der Waals surface area contributed by atoms with Crippen molar-refractivity contribution >= 4 is 5.97 Å². The van der Waals surface area contributed by atoms with Gasteiger partial charge in [-0.05, 0) is 18.2 Å². The van der Waals surface area contributed by atoms with Gasteiger partial charge in [0, 0.05) is 0 Å². The Morgan fingerprint density at radius 1 is 1.43 bits per heavy atom. The summed E-state index contributed by atoms with van der Waals surface area (Å²) in [5.74, 6) is -0.347. The number of ether oxygens (including phenoxy) is 2. The van der Waals surface area contributed by atoms with Gasteiger partial charge in [-0.15, -0.1) is 0 Å². The first-order chi connectivity index (χ1) is 6.66. The van der Waals surface area contributed by atoms with E-state index in [2.05, 4.69) is 0 Å². The van der Waals surface area contributed by atoms with Gasteiger partial charge in [0.2, 0.25) is 6.29 Å². The van der Waals surface area contributed by atoms with Gasteiger partial charge in [-0.3, -0.25) is 0 Å². The maximum Gasteiger partial charge on any atom is 0.335 e. The molecular formula is C9H8O5. The molecule has 0 saturated heterocycles. The van der Waals surface area contributed by atoms with Crippen molar-refractivity contribution in [3.05, 3.63) is 23.8 Å². The summed E-state index contributed by atoms with van der Waals surface area (Å²) < 4.78 is 10.1. The Kier molecular flexibility index (Phi) is 2.01. The van der Waals surface area contributed by atoms with Gasteiger partial charge >= 0.3 is 5.97 Å². The minimum absolute atomic E-state index is 0.0550. The van der Waals surface area contributed by atoms with Crippen LogP contribution in [0.2, 0.25) is 0 Å². The summed E-state index contributed by atoms with van der Waals surface area (Å²) in [7, 11) is 0. The van der Waals surface area contributed by atoms with Crippen LogP contribution < -0.4 is 9.47 Å². The summed E-state index contributed by atoms with van der Waals surface area (Å²) >= 11 is 0. The SMILES string of the molecule is O=C(O)c1ccc2c(c1)OC(O)CO2. The summed E-state index contributed by atoms with van der Waals surface area (Å²) in [5, 5.41) is 17.8. The van der Waals surface area contributed by atoms with Crippen LogP contribution in [0, 0.1) is 0 Å². The van der Waals surface area contributed by atoms with Gasteiger partial charge in [0.25, 0.3) is 0 Å². The van der Waals surface area contributed by atoms with E-state index in [1.165, 1.54) is 18.2 Å². The molecule has 0 saturated carbocycles. The van der Waals surface area contributed by atoms with Gasteiger partial charge in [0.15, 0.2) is 18.1 Å². The maximum atomic E-state index is 10.6. The number of rotatable bonds is 1. The highest BCUT2D eigenvalue weighted by Crippen LogP contribution is 2.31. The third-order valence-corrected chi connectivity index (χ3v) is 1.84. The van der Waals surface area contributed by atoms with Crippen LogP contribution in [0.5, 0.6) is 11.5 Å². The number of aromatic carboxylic acids is 1. The van der Waals surface area contributed by atoms with E-state index in [0.717, 1.165) is 0 Å². The van der Waals surface area contributed by atoms with E-state index in [4.69, 9.17) is 19.7 Å². The molecule has 5 heteroatoms. The fourth-order valence-electron chi connectivity index (χ4n) is 1.19. The van der Waals surface area contributed by atoms with E-state index in [1.54, 1.807) is 0 Å². The van der Waals surface area contributed by atoms with Crippen molar-refractivity contribution in [3.8, 4) is 11.5 Å². The lowest BCUT2D eigenvalue weighted by atomic mass is 10.2. The molecule has 1 aromatic rings. The van der Waals surface area contributed by atoms with Crippen molar-refractivity contribution in [2.45, 2.75) is 6.29 Å². The molecule has 0 aliphatic carbocycles. The van der Waals surface area contributed by atoms with Crippen molar-refractivity contribution in [1.82, 2.24) is 0 Å². The predicted octanol–water partition coefficient (Wildman–Crippen LogP) is 0.474. The normalized spacial score (nSPS) is 19.1. The van der Waals surface area contributed by atoms with E-state index in [-0.39, 0.29) is 17.9 Å². The quantitative estimate of drug-likeness (QED) is 0.683. The van der Waals surface area contributed by atoms with Crippen LogP contribution in [-0.4, -0.2) is 29.1 Å². The predicted molar refractivity (Wildman–Crippen MR) is 45.5 cm³/mol. The van der Waals surface area contributed by atoms with Gasteiger partial charge in [-0.2, -0.15) is 0 Å². The number of carbonyl (C=O) groups is 1. The van der Waals surface area contributed by atoms with Crippen LogP contribution in [0.4, 0.5) is 0 Å². The maximum absolute atomic E-state index is 10.6. The van der Waals surface area contributed by atoms with E-state index in [0.29, 0.717) is 5.75 Å². The van der Waals surface area contributed by atoms with Crippen molar-refractivity contribution in [1.29, 1.82) is 0 Å². The van der Waals surface area contributed by atoms with Crippen LogP contribution in [0.25, 0.3) is 0 Å². The molecule has 1 atom stereocenters. The molecule has 0 bridgehead atoms. The number of aliphatic hydroxyl groups is 1. The number of benzene rings is 1. The Morgan fingerprint density at radius 3 is 2.93 bits per heavy atom. The molecule has 74 valence electrons. The third kappa shape index (κ3) is 1.49. The molecule has 1 aromatic carbocycles. The second-order valence-corrected chi connectivity index (χ2v) is 2.85. The Labute approximate surface area is 79.5 Å². The summed E-state index contributed by atoms with van der Waals surface area (Å²) in [6, 6.07) is 4.24. The fraction of sp³-hybridized carbons (Fsp3) is 0.222. The number of carboxylic acid groups (broad SMARTS) is 1. The number of aliphatic hydroxyl groups excluding tert-OH is 1. The van der Waals surface area contributed by atoms with Crippen molar-refractivity contribution in [2.75, 3.05) is 6.61 Å². The van der Waals surface area contributed by atoms with Crippen LogP contribution in [0.3, 0.4) is 0 Å². The zero-order valence-corrected chi connectivity index (χ0v) is 7.14. The average Bonchev–Trinajstić information content (AvgIpc) is 2.16. The number of carboxylic acids is 1. The van der Waals surface area contributed by atoms with Gasteiger partial charge in [0.1, 0.15) is 0 Å². The van der Waals surface area contributed by atoms with E-state index in [9.17, 15) is 4.79 Å². The molecule has 2 N–H and O–H groups in total. The molecule has 1 aliphatic rings. The molecule has 14 heavy (non-hydrogen) atoms. The number of hydrogen-bond acceptors (Lipinski definition) is 4. The first-order valence-electron chi connectivity index (χ1n) is 4.01. The fourth-order valence-corrected chi connectivity index (χ4v) is 1.19. The van der Waals surface area contributed by atoms with Gasteiger partial charge in [0.05, 0.1) is 5.56 Å². The average molecular weight is 196 g/mol. The van der Waals surface area contributed by atoms with Gasteiger partial charge < -0.3 is 19.7 Å². The Bertz CT molecular complexity index is 373. The summed E-state index contributed by atoms with van der Waals surface area (Å²) in [5.41, 5.74) is 0.0986. The zero-order chi connectivity index (χ0) is 10.1. The molecule has 1 aliphatic heterocycles. The highest BCUT2D eigenvalue weighted by atomic mass is 16.7. The first-order valence-corrected chi connectivity index (χ1v) is 4.01. The molecule has 0 radical (unpaired) electrons. The highest BCUT2D eigenvalue weighted by Gasteiger charge is 2.19. The second-order valence-electron chi connectivity index (χ2n) is 2.85. The van der Waals surface area contributed by atoms with Gasteiger partial charge in [-0.1, -0.05) is 0 Å². The molecule has 0 fully saturated rings. The first kappa shape index (κ1) is 8.83. The molecule has 2 rings (SSSR count). The van der Waals surface area contributed by atoms with Crippen molar-refractivity contribution in [2.24, 2.45) is 0 Å². The topological polar surface area (TPSA) is 76.0 Å². The zero-order valence-electron chi connectivity index (χ0n) is 7.14. The lowest BCUT2D eigenvalue weighted by Crippen LogP contribution is -2.28. The standard InChI is InChI=1S/C9H8O5/c10-8-4-13-6-2-1-5(9(11)12)3-7(6)14-8/h1-3,8,10H,4H2,(H,11,12). The lowest BCUT2D eigenvalue weighted by Gasteiger charge is -2.22. The largest absolute Gasteiger partial charge is 0.483 e. The summed E-state index contributed by atoms with van der Waals surface area (Å²) in [4.78, 5) is 10.6. The van der Waals surface area contributed by atoms with Crippen LogP contribution >= 0.6 is 0 Å². The molecule has 0 spiro atoms. The molecular weight excluding hydrogens is 188 g/mol. The Hall–Kier alpha value is -1.75. The summed E-state index contributed by atoms with van der Waals surface area (Å²) in [6.45, 7) is 0.0550. The molecule has 1 unspecified atom stereocenters. The van der Waals surface area contributed by atoms with E-state index >= 15 is 0 Å². The summed E-state index contributed by atoms with van der Waals surface area (Å²) in [6.07, 6.45) is -1.04. The van der Waals surface area contributed by atoms with Gasteiger partial charge in [-0.25, -0.2) is 4.79 Å². The molecule has 0 amide bonds. The van der Waals surface area contributed by atoms with Crippen molar-refractivity contribution < 1.29 is 24.5 Å². The Balaban J connectivity index is 2.37. The van der Waals surface area contributed by atoms with Crippen LogP contribution in [0.15, 0.2) is 18.2 Å². The van der Waals surface area contributed by atoms with E-state index < -0.39 is 12.3 Å². The lowest BCUT2D eigenvalue weighted by molar-refractivity contribution is -0.0670. The van der Waals surface area contributed by atoms with Crippen LogP contribution in [0.1, 0.15) is 10.4 Å². The molecule has 1 heterocycles. The highest BCUT2D eigenvalue weighted by molar-refractivity contribution is 5.88. The molecule has 0 aromatic heterocycles. The smallest absolute Gasteiger partial charge is 0.335 e. The third-order valence-electron chi connectivity index (χ3n) is 1.84. The minimum Gasteiger partial charge on any atom is -0.483 e. The monoisotopic (exact) mass is 196 g/mol. The van der Waals surface area contributed by atoms with E-state index in [1.807, 2.05) is 0 Å². The van der Waals surface area contributed by atoms with Crippen LogP contribution in [-0.2, 0) is 0 Å². The Morgan fingerprint density at radius 2 is 2.21 bits per heavy atom. The molecule has 5 nitrogen and oxygen atoms in total. The number of fused-ring (bicyclic) bond motifs is 1. The van der Waals surface area contributed by atoms with Crippen molar-refractivity contribution in [3.63, 3.8) is 0 Å². The number of hydrogen-bond donors (Lipinski definition) is 2. The minimum atomic E-state index is -1.04. The second kappa shape index (κ2) is 3.19.